The number of aromatic hydroxyl groups is 1. The molecule has 0 aliphatic heterocycles. The van der Waals surface area contributed by atoms with Gasteiger partial charge in [-0.2, -0.15) is 4.31 Å². The molecule has 1 atom stereocenters. The molecule has 1 unspecified atom stereocenters. The van der Waals surface area contributed by atoms with Crippen molar-refractivity contribution in [3.05, 3.63) is 54.1 Å². The molecule has 0 spiro atoms. The standard InChI is InChI=1S/C20H26N2O4S/c1-4-22(5-2)27(25,26)17-11-12-19(23)18(14-17)21-20(24)13-15(3)16-9-7-6-8-10-16/h6-12,14-15,23H,4-5,13H2,1-3H3,(H,21,24). The third-order valence-corrected chi connectivity index (χ3v) is 6.49. The molecule has 0 aliphatic rings. The van der Waals surface area contributed by atoms with Gasteiger partial charge >= 0.3 is 0 Å². The number of phenols is 1. The second kappa shape index (κ2) is 9.01. The fraction of sp³-hybridized carbons (Fsp3) is 0.350. The van der Waals surface area contributed by atoms with Crippen LogP contribution in [0, 0.1) is 0 Å². The summed E-state index contributed by atoms with van der Waals surface area (Å²) >= 11 is 0. The Morgan fingerprint density at radius 2 is 1.74 bits per heavy atom. The lowest BCUT2D eigenvalue weighted by Crippen LogP contribution is -2.30. The van der Waals surface area contributed by atoms with Crippen molar-refractivity contribution >= 4 is 21.6 Å². The molecule has 146 valence electrons. The highest BCUT2D eigenvalue weighted by Crippen LogP contribution is 2.29. The van der Waals surface area contributed by atoms with E-state index in [9.17, 15) is 18.3 Å². The zero-order valence-electron chi connectivity index (χ0n) is 15.8. The Morgan fingerprint density at radius 1 is 1.11 bits per heavy atom. The van der Waals surface area contributed by atoms with Gasteiger partial charge in [0.2, 0.25) is 15.9 Å². The summed E-state index contributed by atoms with van der Waals surface area (Å²) < 4.78 is 26.6. The number of hydrogen-bond acceptors (Lipinski definition) is 4. The topological polar surface area (TPSA) is 86.7 Å². The Balaban J connectivity index is 2.18. The number of hydrogen-bond donors (Lipinski definition) is 2. The Kier molecular flexibility index (Phi) is 6.98. The lowest BCUT2D eigenvalue weighted by molar-refractivity contribution is -0.116. The summed E-state index contributed by atoms with van der Waals surface area (Å²) in [6.45, 7) is 6.15. The van der Waals surface area contributed by atoms with Gasteiger partial charge in [-0.25, -0.2) is 8.42 Å². The number of nitrogens with zero attached hydrogens (tertiary/aromatic N) is 1. The number of nitrogens with one attached hydrogen (secondary N) is 1. The van der Waals surface area contributed by atoms with Gasteiger partial charge in [0.25, 0.3) is 0 Å². The molecule has 6 nitrogen and oxygen atoms in total. The van der Waals surface area contributed by atoms with E-state index in [4.69, 9.17) is 0 Å². The van der Waals surface area contributed by atoms with E-state index in [1.807, 2.05) is 37.3 Å². The highest BCUT2D eigenvalue weighted by Gasteiger charge is 2.23. The van der Waals surface area contributed by atoms with Crippen LogP contribution >= 0.6 is 0 Å². The van der Waals surface area contributed by atoms with Gasteiger partial charge in [0, 0.05) is 19.5 Å². The molecule has 0 saturated carbocycles. The van der Waals surface area contributed by atoms with Crippen LogP contribution in [-0.2, 0) is 14.8 Å². The second-order valence-corrected chi connectivity index (χ2v) is 8.27. The van der Waals surface area contributed by atoms with Crippen molar-refractivity contribution in [3.63, 3.8) is 0 Å². The molecule has 0 aliphatic carbocycles. The van der Waals surface area contributed by atoms with Crippen molar-refractivity contribution in [2.75, 3.05) is 18.4 Å². The number of benzene rings is 2. The van der Waals surface area contributed by atoms with Crippen LogP contribution in [0.2, 0.25) is 0 Å². The quantitative estimate of drug-likeness (QED) is 0.675. The second-order valence-electron chi connectivity index (χ2n) is 6.33. The Bertz CT molecular complexity index is 878. The molecule has 7 heteroatoms. The first-order valence-corrected chi connectivity index (χ1v) is 10.4. The highest BCUT2D eigenvalue weighted by atomic mass is 32.2. The highest BCUT2D eigenvalue weighted by molar-refractivity contribution is 7.89. The van der Waals surface area contributed by atoms with Crippen molar-refractivity contribution in [3.8, 4) is 5.75 Å². The maximum atomic E-state index is 12.6. The lowest BCUT2D eigenvalue weighted by atomic mass is 9.97. The molecule has 2 rings (SSSR count). The molecule has 0 heterocycles. The summed E-state index contributed by atoms with van der Waals surface area (Å²) in [6.07, 6.45) is 0.219. The third-order valence-electron chi connectivity index (χ3n) is 4.45. The number of amides is 1. The summed E-state index contributed by atoms with van der Waals surface area (Å²) in [4.78, 5) is 12.4. The van der Waals surface area contributed by atoms with E-state index in [2.05, 4.69) is 5.32 Å². The maximum absolute atomic E-state index is 12.6. The molecule has 1 amide bonds. The van der Waals surface area contributed by atoms with Crippen molar-refractivity contribution in [2.45, 2.75) is 38.0 Å². The van der Waals surface area contributed by atoms with Gasteiger partial charge in [-0.1, -0.05) is 51.1 Å². The van der Waals surface area contributed by atoms with Crippen LogP contribution in [0.4, 0.5) is 5.69 Å². The molecule has 0 aromatic heterocycles. The molecule has 27 heavy (non-hydrogen) atoms. The van der Waals surface area contributed by atoms with Crippen LogP contribution in [-0.4, -0.2) is 36.8 Å². The van der Waals surface area contributed by atoms with Crippen molar-refractivity contribution in [1.29, 1.82) is 0 Å². The summed E-state index contributed by atoms with van der Waals surface area (Å²) in [5, 5.41) is 12.7. The van der Waals surface area contributed by atoms with Gasteiger partial charge < -0.3 is 10.4 Å². The van der Waals surface area contributed by atoms with E-state index in [0.717, 1.165) is 5.56 Å². The fourth-order valence-electron chi connectivity index (χ4n) is 2.87. The average molecular weight is 391 g/mol. The molecule has 2 aromatic rings. The lowest BCUT2D eigenvalue weighted by Gasteiger charge is -2.19. The molecule has 0 radical (unpaired) electrons. The number of sulfonamides is 1. The van der Waals surface area contributed by atoms with E-state index < -0.39 is 10.0 Å². The Hall–Kier alpha value is -2.38. The first-order valence-electron chi connectivity index (χ1n) is 8.97. The average Bonchev–Trinajstić information content (AvgIpc) is 2.64. The van der Waals surface area contributed by atoms with Crippen LogP contribution in [0.3, 0.4) is 0 Å². The van der Waals surface area contributed by atoms with Crippen LogP contribution in [0.15, 0.2) is 53.4 Å². The minimum Gasteiger partial charge on any atom is -0.506 e. The molecule has 0 saturated heterocycles. The van der Waals surface area contributed by atoms with Gasteiger partial charge in [0.1, 0.15) is 5.75 Å². The monoisotopic (exact) mass is 390 g/mol. The van der Waals surface area contributed by atoms with Crippen molar-refractivity contribution in [2.24, 2.45) is 0 Å². The van der Waals surface area contributed by atoms with Crippen molar-refractivity contribution in [1.82, 2.24) is 4.31 Å². The van der Waals surface area contributed by atoms with Gasteiger partial charge in [0.15, 0.2) is 0 Å². The first-order chi connectivity index (χ1) is 12.8. The molecule has 2 N–H and O–H groups in total. The van der Waals surface area contributed by atoms with Crippen LogP contribution < -0.4 is 5.32 Å². The van der Waals surface area contributed by atoms with E-state index in [1.54, 1.807) is 13.8 Å². The summed E-state index contributed by atoms with van der Waals surface area (Å²) in [7, 11) is -3.67. The third kappa shape index (κ3) is 5.08. The van der Waals surface area contributed by atoms with Gasteiger partial charge in [-0.05, 0) is 29.7 Å². The molecular weight excluding hydrogens is 364 g/mol. The van der Waals surface area contributed by atoms with Gasteiger partial charge in [0.05, 0.1) is 10.6 Å². The van der Waals surface area contributed by atoms with E-state index in [1.165, 1.54) is 22.5 Å². The number of rotatable bonds is 8. The van der Waals surface area contributed by atoms with Gasteiger partial charge in [-0.3, -0.25) is 4.79 Å². The van der Waals surface area contributed by atoms with Crippen LogP contribution in [0.1, 0.15) is 38.7 Å². The number of carbonyl (C=O) groups excluding carboxylic acids is 1. The SMILES string of the molecule is CCN(CC)S(=O)(=O)c1ccc(O)c(NC(=O)CC(C)c2ccccc2)c1. The number of carbonyl (C=O) groups is 1. The van der Waals surface area contributed by atoms with E-state index >= 15 is 0 Å². The molecule has 2 aromatic carbocycles. The first kappa shape index (κ1) is 20.9. The minimum atomic E-state index is -3.67. The Labute approximate surface area is 160 Å². The fourth-order valence-corrected chi connectivity index (χ4v) is 4.35. The van der Waals surface area contributed by atoms with Crippen molar-refractivity contribution < 1.29 is 18.3 Å². The minimum absolute atomic E-state index is 0.00377. The number of anilines is 1. The summed E-state index contributed by atoms with van der Waals surface area (Å²) in [5.74, 6) is -0.468. The summed E-state index contributed by atoms with van der Waals surface area (Å²) in [5.41, 5.74) is 1.13. The zero-order valence-corrected chi connectivity index (χ0v) is 16.7. The molecule has 0 bridgehead atoms. The van der Waals surface area contributed by atoms with Gasteiger partial charge in [-0.15, -0.1) is 0 Å². The van der Waals surface area contributed by atoms with E-state index in [0.29, 0.717) is 13.1 Å². The smallest absolute Gasteiger partial charge is 0.243 e. The maximum Gasteiger partial charge on any atom is 0.243 e. The number of phenolic OH excluding ortho intramolecular Hbond substituents is 1. The molecular formula is C20H26N2O4S. The van der Waals surface area contributed by atoms with E-state index in [-0.39, 0.29) is 34.6 Å². The normalized spacial score (nSPS) is 12.7. The predicted octanol–water partition coefficient (Wildman–Crippen LogP) is 3.56. The van der Waals surface area contributed by atoms with Crippen LogP contribution in [0.25, 0.3) is 0 Å². The summed E-state index contributed by atoms with van der Waals surface area (Å²) in [6, 6.07) is 13.6. The predicted molar refractivity (Wildman–Crippen MR) is 106 cm³/mol. The molecule has 0 fully saturated rings. The zero-order chi connectivity index (χ0) is 20.0. The Morgan fingerprint density at radius 3 is 2.33 bits per heavy atom. The largest absolute Gasteiger partial charge is 0.506 e. The van der Waals surface area contributed by atoms with Crippen LogP contribution in [0.5, 0.6) is 5.75 Å².